The summed E-state index contributed by atoms with van der Waals surface area (Å²) in [5.74, 6) is 1.38. The van der Waals surface area contributed by atoms with E-state index in [0.29, 0.717) is 17.1 Å². The third-order valence-corrected chi connectivity index (χ3v) is 4.14. The van der Waals surface area contributed by atoms with Gasteiger partial charge in [-0.2, -0.15) is 5.26 Å². The van der Waals surface area contributed by atoms with E-state index in [1.54, 1.807) is 31.4 Å². The van der Waals surface area contributed by atoms with Crippen LogP contribution < -0.4 is 14.2 Å². The van der Waals surface area contributed by atoms with Gasteiger partial charge in [0.15, 0.2) is 11.5 Å². The van der Waals surface area contributed by atoms with Crippen LogP contribution in [0.1, 0.15) is 24.0 Å². The minimum atomic E-state index is -0.220. The lowest BCUT2D eigenvalue weighted by atomic mass is 10.0. The molecule has 1 fully saturated rings. The van der Waals surface area contributed by atoms with Gasteiger partial charge in [-0.15, -0.1) is 0 Å². The first-order valence-corrected chi connectivity index (χ1v) is 8.30. The van der Waals surface area contributed by atoms with Crippen LogP contribution in [-0.2, 0) is 4.79 Å². The molecule has 5 heteroatoms. The molecule has 0 bridgehead atoms. The molecular formula is C21H19NO4. The van der Waals surface area contributed by atoms with Gasteiger partial charge in [-0.25, -0.2) is 0 Å². The maximum absolute atomic E-state index is 11.8. The number of methoxy groups -OCH3 is 2. The van der Waals surface area contributed by atoms with Crippen molar-refractivity contribution in [3.8, 4) is 23.3 Å². The number of carbonyl (C=O) groups excluding carboxylic acids is 1. The maximum atomic E-state index is 11.8. The van der Waals surface area contributed by atoms with Gasteiger partial charge < -0.3 is 14.2 Å². The molecule has 0 aliphatic heterocycles. The van der Waals surface area contributed by atoms with Crippen molar-refractivity contribution in [2.45, 2.75) is 12.8 Å². The second-order valence-corrected chi connectivity index (χ2v) is 6.00. The fourth-order valence-corrected chi connectivity index (χ4v) is 2.49. The fourth-order valence-electron chi connectivity index (χ4n) is 2.49. The number of hydrogen-bond acceptors (Lipinski definition) is 5. The summed E-state index contributed by atoms with van der Waals surface area (Å²) in [4.78, 5) is 11.8. The molecule has 0 unspecified atom stereocenters. The van der Waals surface area contributed by atoms with Gasteiger partial charge in [0.05, 0.1) is 31.8 Å². The second-order valence-electron chi connectivity index (χ2n) is 6.00. The molecular weight excluding hydrogens is 330 g/mol. The standard InChI is InChI=1S/C21H19NO4/c1-24-18-8-6-15(7-9-18)17(13-22)11-14-3-10-19(20(12-14)25-2)26-21(23)16-4-5-16/h3,6-12,16H,4-5H2,1-2H3/b17-11-. The third kappa shape index (κ3) is 4.04. The highest BCUT2D eigenvalue weighted by atomic mass is 16.6. The Hall–Kier alpha value is -3.26. The number of rotatable bonds is 6. The quantitative estimate of drug-likeness (QED) is 0.340. The normalized spacial score (nSPS) is 13.7. The third-order valence-electron chi connectivity index (χ3n) is 4.14. The van der Waals surface area contributed by atoms with E-state index >= 15 is 0 Å². The molecule has 0 heterocycles. The van der Waals surface area contributed by atoms with Gasteiger partial charge in [0.25, 0.3) is 0 Å². The van der Waals surface area contributed by atoms with E-state index < -0.39 is 0 Å². The van der Waals surface area contributed by atoms with Crippen LogP contribution >= 0.6 is 0 Å². The number of allylic oxidation sites excluding steroid dienone is 1. The van der Waals surface area contributed by atoms with Crippen molar-refractivity contribution in [3.05, 3.63) is 53.6 Å². The van der Waals surface area contributed by atoms with Gasteiger partial charge in [0.2, 0.25) is 0 Å². The number of hydrogen-bond donors (Lipinski definition) is 0. The molecule has 2 aromatic carbocycles. The number of esters is 1. The number of benzene rings is 2. The largest absolute Gasteiger partial charge is 0.497 e. The molecule has 1 aliphatic rings. The van der Waals surface area contributed by atoms with Crippen molar-refractivity contribution in [1.29, 1.82) is 5.26 Å². The zero-order valence-corrected chi connectivity index (χ0v) is 14.7. The average molecular weight is 349 g/mol. The Morgan fingerprint density at radius 2 is 1.81 bits per heavy atom. The van der Waals surface area contributed by atoms with Crippen LogP contribution in [0.25, 0.3) is 11.6 Å². The fraction of sp³-hybridized carbons (Fsp3) is 0.238. The van der Waals surface area contributed by atoms with Crippen LogP contribution in [0, 0.1) is 17.2 Å². The van der Waals surface area contributed by atoms with Crippen LogP contribution in [0.5, 0.6) is 17.2 Å². The number of ether oxygens (including phenoxy) is 3. The zero-order chi connectivity index (χ0) is 18.5. The van der Waals surface area contributed by atoms with Crippen molar-refractivity contribution in [2.75, 3.05) is 14.2 Å². The summed E-state index contributed by atoms with van der Waals surface area (Å²) in [5.41, 5.74) is 2.08. The van der Waals surface area contributed by atoms with Gasteiger partial charge in [-0.3, -0.25) is 4.79 Å². The minimum Gasteiger partial charge on any atom is -0.497 e. The summed E-state index contributed by atoms with van der Waals surface area (Å²) >= 11 is 0. The van der Waals surface area contributed by atoms with Gasteiger partial charge >= 0.3 is 5.97 Å². The summed E-state index contributed by atoms with van der Waals surface area (Å²) in [6.07, 6.45) is 3.53. The van der Waals surface area contributed by atoms with Crippen LogP contribution in [0.2, 0.25) is 0 Å². The summed E-state index contributed by atoms with van der Waals surface area (Å²) in [6, 6.07) is 14.7. The predicted molar refractivity (Wildman–Crippen MR) is 97.8 cm³/mol. The van der Waals surface area contributed by atoms with E-state index in [1.807, 2.05) is 24.3 Å². The first-order valence-electron chi connectivity index (χ1n) is 8.30. The SMILES string of the molecule is COc1ccc(/C(C#N)=C\c2ccc(OC(=O)C3CC3)c(OC)c2)cc1. The molecule has 3 rings (SSSR count). The Kier molecular flexibility index (Phi) is 5.23. The number of nitrogens with zero attached hydrogens (tertiary/aromatic N) is 1. The van der Waals surface area contributed by atoms with Crippen molar-refractivity contribution < 1.29 is 19.0 Å². The van der Waals surface area contributed by atoms with E-state index in [2.05, 4.69) is 6.07 Å². The molecule has 0 radical (unpaired) electrons. The Balaban J connectivity index is 1.85. The molecule has 0 N–H and O–H groups in total. The molecule has 1 aliphatic carbocycles. The van der Waals surface area contributed by atoms with Crippen LogP contribution in [0.4, 0.5) is 0 Å². The van der Waals surface area contributed by atoms with E-state index in [4.69, 9.17) is 14.2 Å². The molecule has 5 nitrogen and oxygen atoms in total. The zero-order valence-electron chi connectivity index (χ0n) is 14.7. The first-order chi connectivity index (χ1) is 12.6. The summed E-state index contributed by atoms with van der Waals surface area (Å²) < 4.78 is 15.9. The molecule has 1 saturated carbocycles. The summed E-state index contributed by atoms with van der Waals surface area (Å²) in [7, 11) is 3.12. The van der Waals surface area contributed by atoms with Crippen molar-refractivity contribution >= 4 is 17.6 Å². The highest BCUT2D eigenvalue weighted by Crippen LogP contribution is 2.34. The molecule has 0 amide bonds. The predicted octanol–water partition coefficient (Wildman–Crippen LogP) is 4.08. The highest BCUT2D eigenvalue weighted by Gasteiger charge is 2.32. The Morgan fingerprint density at radius 3 is 2.38 bits per heavy atom. The molecule has 2 aromatic rings. The summed E-state index contributed by atoms with van der Waals surface area (Å²) in [6.45, 7) is 0. The number of nitriles is 1. The molecule has 0 saturated heterocycles. The lowest BCUT2D eigenvalue weighted by Crippen LogP contribution is -2.10. The lowest BCUT2D eigenvalue weighted by molar-refractivity contribution is -0.135. The van der Waals surface area contributed by atoms with E-state index in [9.17, 15) is 10.1 Å². The van der Waals surface area contributed by atoms with Gasteiger partial charge in [0.1, 0.15) is 5.75 Å². The van der Waals surface area contributed by atoms with Crippen LogP contribution in [0.3, 0.4) is 0 Å². The van der Waals surface area contributed by atoms with E-state index in [0.717, 1.165) is 29.7 Å². The Labute approximate surface area is 152 Å². The first kappa shape index (κ1) is 17.6. The second kappa shape index (κ2) is 7.75. The number of carbonyl (C=O) groups is 1. The van der Waals surface area contributed by atoms with E-state index in [-0.39, 0.29) is 11.9 Å². The molecule has 0 spiro atoms. The van der Waals surface area contributed by atoms with Gasteiger partial charge in [0, 0.05) is 0 Å². The molecule has 132 valence electrons. The monoisotopic (exact) mass is 349 g/mol. The van der Waals surface area contributed by atoms with Crippen molar-refractivity contribution in [2.24, 2.45) is 5.92 Å². The van der Waals surface area contributed by atoms with Gasteiger partial charge in [-0.1, -0.05) is 6.07 Å². The van der Waals surface area contributed by atoms with Crippen LogP contribution in [0.15, 0.2) is 42.5 Å². The van der Waals surface area contributed by atoms with Crippen LogP contribution in [-0.4, -0.2) is 20.2 Å². The van der Waals surface area contributed by atoms with Gasteiger partial charge in [-0.05, 0) is 66.4 Å². The van der Waals surface area contributed by atoms with Crippen molar-refractivity contribution in [1.82, 2.24) is 0 Å². The molecule has 26 heavy (non-hydrogen) atoms. The minimum absolute atomic E-state index is 0.0135. The summed E-state index contributed by atoms with van der Waals surface area (Å²) in [5, 5.41) is 9.49. The van der Waals surface area contributed by atoms with Crippen molar-refractivity contribution in [3.63, 3.8) is 0 Å². The smallest absolute Gasteiger partial charge is 0.314 e. The maximum Gasteiger partial charge on any atom is 0.314 e. The molecule has 0 atom stereocenters. The van der Waals surface area contributed by atoms with E-state index in [1.165, 1.54) is 7.11 Å². The topological polar surface area (TPSA) is 68.5 Å². The lowest BCUT2D eigenvalue weighted by Gasteiger charge is -2.10. The highest BCUT2D eigenvalue weighted by molar-refractivity contribution is 5.90. The Morgan fingerprint density at radius 1 is 1.08 bits per heavy atom. The average Bonchev–Trinajstić information content (AvgIpc) is 3.52. The molecule has 0 aromatic heterocycles. The Bertz CT molecular complexity index is 874.